The lowest BCUT2D eigenvalue weighted by Crippen LogP contribution is -2.48. The number of benzene rings is 2. The molecule has 3 aromatic rings. The molecule has 43 heavy (non-hydrogen) atoms. The zero-order valence-electron chi connectivity index (χ0n) is 24.9. The molecule has 0 radical (unpaired) electrons. The summed E-state index contributed by atoms with van der Waals surface area (Å²) in [5.41, 5.74) is 8.34. The lowest BCUT2D eigenvalue weighted by Gasteiger charge is -2.41. The second kappa shape index (κ2) is 10.1. The Kier molecular flexibility index (Phi) is 6.84. The maximum atomic E-state index is 13.6. The van der Waals surface area contributed by atoms with Crippen LogP contribution in [-0.4, -0.2) is 50.2 Å². The van der Waals surface area contributed by atoms with Gasteiger partial charge in [0, 0.05) is 60.8 Å². The van der Waals surface area contributed by atoms with Gasteiger partial charge in [0.2, 0.25) is 13.0 Å². The van der Waals surface area contributed by atoms with Crippen molar-refractivity contribution in [1.29, 1.82) is 0 Å². The van der Waals surface area contributed by atoms with Crippen molar-refractivity contribution in [3.05, 3.63) is 76.8 Å². The highest BCUT2D eigenvalue weighted by Crippen LogP contribution is 2.55. The number of allylic oxidation sites excluding steroid dienone is 1. The number of ether oxygens (including phenoxy) is 1. The number of hydrogen-bond donors (Lipinski definition) is 1. The smallest absolute Gasteiger partial charge is 0.380 e. The molecular weight excluding hydrogens is 587 g/mol. The van der Waals surface area contributed by atoms with Gasteiger partial charge in [0.15, 0.2) is 6.54 Å². The number of nitrogens with zero attached hydrogens (tertiary/aromatic N) is 2. The van der Waals surface area contributed by atoms with Crippen molar-refractivity contribution >= 4 is 39.8 Å². The van der Waals surface area contributed by atoms with Crippen LogP contribution in [0.2, 0.25) is 0 Å². The number of anilines is 1. The predicted molar refractivity (Wildman–Crippen MR) is 165 cm³/mol. The zero-order valence-corrected chi connectivity index (χ0v) is 26.7. The van der Waals surface area contributed by atoms with E-state index in [1.165, 1.54) is 25.3 Å². The van der Waals surface area contributed by atoms with Gasteiger partial charge in [-0.2, -0.15) is 13.0 Å². The van der Waals surface area contributed by atoms with Crippen molar-refractivity contribution in [3.8, 4) is 0 Å². The maximum Gasteiger partial charge on any atom is 0.380 e. The predicted octanol–water partition coefficient (Wildman–Crippen LogP) is 5.82. The summed E-state index contributed by atoms with van der Waals surface area (Å²) in [6.07, 6.45) is 4.47. The number of aromatic nitrogens is 1. The van der Waals surface area contributed by atoms with E-state index in [4.69, 9.17) is 13.7 Å². The largest absolute Gasteiger partial charge is 0.398 e. The van der Waals surface area contributed by atoms with E-state index >= 15 is 0 Å². The normalized spacial score (nSPS) is 24.4. The van der Waals surface area contributed by atoms with E-state index in [2.05, 4.69) is 47.6 Å². The molecule has 4 aliphatic rings. The topological polar surface area (TPSA) is 110 Å². The maximum absolute atomic E-state index is 13.6. The van der Waals surface area contributed by atoms with Crippen molar-refractivity contribution in [2.75, 3.05) is 24.7 Å². The number of fused-ring (bicyclic) bond motifs is 9. The Hall–Kier alpha value is -2.75. The Morgan fingerprint density at radius 1 is 1.19 bits per heavy atom. The van der Waals surface area contributed by atoms with Gasteiger partial charge in [-0.15, -0.1) is 0 Å². The molecule has 0 aliphatic carbocycles. The Bertz CT molecular complexity index is 1860. The number of oxazole rings is 1. The Morgan fingerprint density at radius 2 is 1.98 bits per heavy atom. The standard InChI is InChI=1S/C32H37N2O7PS/c1-20(43(36,37)38)13-16-42(35,39-4)19-21-9-10-25-24(17-21)32(2,3)30-22-18-23-28(40-27(22)11-14-33(25)30)12-15-34-26-7-5-6-8-29(26)41-31(23)34/h5-10,17-18,20,27-28H,11-16,19H2,1-4H3/p+1. The third-order valence-corrected chi connectivity index (χ3v) is 13.4. The van der Waals surface area contributed by atoms with Gasteiger partial charge in [0.05, 0.1) is 23.0 Å². The van der Waals surface area contributed by atoms with Crippen LogP contribution >= 0.6 is 7.37 Å². The van der Waals surface area contributed by atoms with Crippen molar-refractivity contribution in [2.24, 2.45) is 0 Å². The third-order valence-electron chi connectivity index (χ3n) is 9.72. The second-order valence-electron chi connectivity index (χ2n) is 12.7. The van der Waals surface area contributed by atoms with Crippen molar-refractivity contribution in [2.45, 2.75) is 75.6 Å². The lowest BCUT2D eigenvalue weighted by molar-refractivity contribution is -0.683. The monoisotopic (exact) mass is 625 g/mol. The van der Waals surface area contributed by atoms with Crippen molar-refractivity contribution in [3.63, 3.8) is 0 Å². The van der Waals surface area contributed by atoms with Gasteiger partial charge in [-0.3, -0.25) is 9.12 Å². The van der Waals surface area contributed by atoms with Crippen molar-refractivity contribution in [1.82, 2.24) is 0 Å². The van der Waals surface area contributed by atoms with E-state index in [-0.39, 0.29) is 36.4 Å². The van der Waals surface area contributed by atoms with Crippen LogP contribution in [0.1, 0.15) is 57.1 Å². The molecule has 4 unspecified atom stereocenters. The number of para-hydroxylation sites is 2. The molecule has 4 atom stereocenters. The molecule has 0 amide bonds. The van der Waals surface area contributed by atoms with Crippen LogP contribution in [0.4, 0.5) is 5.69 Å². The number of rotatable bonds is 7. The Morgan fingerprint density at radius 3 is 2.74 bits per heavy atom. The van der Waals surface area contributed by atoms with Gasteiger partial charge >= 0.3 is 5.89 Å². The van der Waals surface area contributed by atoms with E-state index in [1.54, 1.807) is 0 Å². The van der Waals surface area contributed by atoms with Gasteiger partial charge in [0.1, 0.15) is 0 Å². The zero-order chi connectivity index (χ0) is 30.3. The first kappa shape index (κ1) is 29.0. The van der Waals surface area contributed by atoms with Gasteiger partial charge in [-0.1, -0.05) is 38.1 Å². The first-order valence-corrected chi connectivity index (χ1v) is 18.4. The third kappa shape index (κ3) is 4.73. The van der Waals surface area contributed by atoms with Gasteiger partial charge in [-0.25, -0.2) is 0 Å². The van der Waals surface area contributed by atoms with Gasteiger partial charge in [-0.05, 0) is 49.1 Å². The highest BCUT2D eigenvalue weighted by atomic mass is 32.2. The minimum absolute atomic E-state index is 0.00619. The van der Waals surface area contributed by atoms with E-state index in [9.17, 15) is 17.5 Å². The first-order chi connectivity index (χ1) is 20.4. The molecule has 4 aliphatic heterocycles. The molecule has 5 heterocycles. The van der Waals surface area contributed by atoms with Gasteiger partial charge < -0.3 is 18.6 Å². The molecule has 0 saturated carbocycles. The molecule has 7 rings (SSSR count). The van der Waals surface area contributed by atoms with E-state index in [0.717, 1.165) is 65.3 Å². The highest BCUT2D eigenvalue weighted by molar-refractivity contribution is 7.86. The molecule has 1 N–H and O–H groups in total. The van der Waals surface area contributed by atoms with Crippen LogP contribution < -0.4 is 9.47 Å². The van der Waals surface area contributed by atoms with Crippen molar-refractivity contribution < 1.29 is 35.8 Å². The molecule has 2 aromatic carbocycles. The number of hydrogen-bond acceptors (Lipinski definition) is 7. The Balaban J connectivity index is 1.25. The minimum atomic E-state index is -4.19. The molecule has 0 fully saturated rings. The molecule has 11 heteroatoms. The summed E-state index contributed by atoms with van der Waals surface area (Å²) in [5, 5.41) is -1.00. The second-order valence-corrected chi connectivity index (χ2v) is 17.3. The van der Waals surface area contributed by atoms with Crippen LogP contribution in [-0.2, 0) is 42.1 Å². The summed E-state index contributed by atoms with van der Waals surface area (Å²) in [6.45, 7) is 7.59. The van der Waals surface area contributed by atoms with Crippen LogP contribution in [0, 0.1) is 0 Å². The van der Waals surface area contributed by atoms with E-state index in [1.807, 2.05) is 24.3 Å². The fourth-order valence-corrected chi connectivity index (χ4v) is 9.92. The lowest BCUT2D eigenvalue weighted by atomic mass is 9.78. The quantitative estimate of drug-likeness (QED) is 0.199. The summed E-state index contributed by atoms with van der Waals surface area (Å²) in [4.78, 5) is 2.41. The molecular formula is C32H38N2O7PS+. The van der Waals surface area contributed by atoms with Crippen LogP contribution in [0.15, 0.2) is 64.2 Å². The molecule has 9 nitrogen and oxygen atoms in total. The minimum Gasteiger partial charge on any atom is -0.398 e. The average Bonchev–Trinajstić information content (AvgIpc) is 3.47. The van der Waals surface area contributed by atoms with Crippen LogP contribution in [0.25, 0.3) is 16.7 Å². The highest BCUT2D eigenvalue weighted by Gasteiger charge is 2.49. The molecule has 1 aromatic heterocycles. The van der Waals surface area contributed by atoms with Gasteiger partial charge in [0.25, 0.3) is 15.6 Å². The molecule has 0 saturated heterocycles. The van der Waals surface area contributed by atoms with E-state index < -0.39 is 22.7 Å². The first-order valence-electron chi connectivity index (χ1n) is 14.9. The number of aryl methyl sites for hydroxylation is 1. The molecule has 228 valence electrons. The van der Waals surface area contributed by atoms with E-state index in [0.29, 0.717) is 0 Å². The van der Waals surface area contributed by atoms with Crippen LogP contribution in [0.3, 0.4) is 0 Å². The molecule has 0 bridgehead atoms. The fourth-order valence-electron chi connectivity index (χ4n) is 7.32. The molecule has 0 spiro atoms. The summed E-state index contributed by atoms with van der Waals surface area (Å²) in [5.74, 6) is 0.871. The summed E-state index contributed by atoms with van der Waals surface area (Å²) in [6, 6.07) is 14.4. The fraction of sp³-hybridized carbons (Fsp3) is 0.469. The summed E-state index contributed by atoms with van der Waals surface area (Å²) < 4.78 is 66.9. The Labute approximate surface area is 252 Å². The summed E-state index contributed by atoms with van der Waals surface area (Å²) in [7, 11) is -5.96. The summed E-state index contributed by atoms with van der Waals surface area (Å²) >= 11 is 0. The SMILES string of the molecule is COP(=O)(CCC(C)S(=O)(=O)O)Cc1ccc2c(c1)C(C)(C)C1=C3C=C4c5oc6ccccc6[n+]5CCC4OC3CCN12. The van der Waals surface area contributed by atoms with Crippen LogP contribution in [0.5, 0.6) is 0 Å². The average molecular weight is 626 g/mol.